The van der Waals surface area contributed by atoms with E-state index < -0.39 is 0 Å². The van der Waals surface area contributed by atoms with Gasteiger partial charge in [-0.2, -0.15) is 0 Å². The zero-order chi connectivity index (χ0) is 17.8. The average molecular weight is 342 g/mol. The van der Waals surface area contributed by atoms with Crippen LogP contribution >= 0.6 is 0 Å². The lowest BCUT2D eigenvalue weighted by molar-refractivity contribution is -0.0624. The molecule has 0 radical (unpaired) electrons. The van der Waals surface area contributed by atoms with Crippen LogP contribution in [0.3, 0.4) is 0 Å². The van der Waals surface area contributed by atoms with Crippen LogP contribution in [0.25, 0.3) is 0 Å². The van der Waals surface area contributed by atoms with Crippen LogP contribution in [-0.4, -0.2) is 49.4 Å². The lowest BCUT2D eigenvalue weighted by Gasteiger charge is -2.56. The van der Waals surface area contributed by atoms with Crippen molar-refractivity contribution in [3.05, 3.63) is 35.9 Å². The highest BCUT2D eigenvalue weighted by Crippen LogP contribution is 2.58. The number of aliphatic hydroxyl groups is 1. The Balaban J connectivity index is 1.90. The number of methoxy groups -OCH3 is 1. The molecule has 6 atom stereocenters. The zero-order valence-electron chi connectivity index (χ0n) is 15.7. The van der Waals surface area contributed by atoms with E-state index in [1.807, 2.05) is 7.05 Å². The Kier molecular flexibility index (Phi) is 4.08. The Bertz CT molecular complexity index is 688. The van der Waals surface area contributed by atoms with E-state index in [0.717, 1.165) is 30.9 Å². The maximum atomic E-state index is 11.0. The fourth-order valence-electron chi connectivity index (χ4n) is 5.91. The predicted octanol–water partition coefficient (Wildman–Crippen LogP) is 2.88. The highest BCUT2D eigenvalue weighted by atomic mass is 16.5. The first kappa shape index (κ1) is 16.9. The van der Waals surface area contributed by atoms with Crippen LogP contribution in [0.1, 0.15) is 25.8 Å². The maximum Gasteiger partial charge on any atom is 0.120 e. The largest absolute Gasteiger partial charge is 0.497 e. The summed E-state index contributed by atoms with van der Waals surface area (Å²) >= 11 is 0. The van der Waals surface area contributed by atoms with Crippen molar-refractivity contribution in [1.82, 2.24) is 4.90 Å². The summed E-state index contributed by atoms with van der Waals surface area (Å²) in [7, 11) is 3.71. The number of benzene rings is 1. The number of rotatable bonds is 3. The van der Waals surface area contributed by atoms with Gasteiger partial charge >= 0.3 is 0 Å². The number of ether oxygens (including phenoxy) is 1. The van der Waals surface area contributed by atoms with Crippen molar-refractivity contribution in [2.45, 2.75) is 37.8 Å². The summed E-state index contributed by atoms with van der Waals surface area (Å²) in [6.07, 6.45) is 5.41. The smallest absolute Gasteiger partial charge is 0.120 e. The molecular weight excluding hydrogens is 312 g/mol. The summed E-state index contributed by atoms with van der Waals surface area (Å²) < 4.78 is 5.45. The van der Waals surface area contributed by atoms with Crippen LogP contribution in [0.15, 0.2) is 30.4 Å². The van der Waals surface area contributed by atoms with E-state index in [2.05, 4.69) is 54.4 Å². The van der Waals surface area contributed by atoms with E-state index in [-0.39, 0.29) is 23.4 Å². The molecule has 1 aliphatic carbocycles. The van der Waals surface area contributed by atoms with Crippen molar-refractivity contribution in [2.75, 3.05) is 32.6 Å². The molecule has 1 saturated heterocycles. The van der Waals surface area contributed by atoms with Crippen LogP contribution in [0.5, 0.6) is 5.75 Å². The van der Waals surface area contributed by atoms with Gasteiger partial charge in [-0.25, -0.2) is 0 Å². The Hall–Kier alpha value is -1.52. The zero-order valence-corrected chi connectivity index (χ0v) is 15.7. The number of hydrogen-bond acceptors (Lipinski definition) is 4. The second-order valence-corrected chi connectivity index (χ2v) is 8.04. The quantitative estimate of drug-likeness (QED) is 0.829. The van der Waals surface area contributed by atoms with Gasteiger partial charge in [0.25, 0.3) is 0 Å². The van der Waals surface area contributed by atoms with Crippen molar-refractivity contribution >= 4 is 5.69 Å². The van der Waals surface area contributed by atoms with Crippen LogP contribution in [0, 0.1) is 17.8 Å². The van der Waals surface area contributed by atoms with E-state index in [1.54, 1.807) is 7.11 Å². The van der Waals surface area contributed by atoms with Crippen molar-refractivity contribution in [2.24, 2.45) is 17.8 Å². The van der Waals surface area contributed by atoms with Gasteiger partial charge in [-0.1, -0.05) is 32.1 Å². The molecule has 2 aliphatic heterocycles. The van der Waals surface area contributed by atoms with E-state index in [1.165, 1.54) is 5.56 Å². The van der Waals surface area contributed by atoms with E-state index in [4.69, 9.17) is 4.74 Å². The summed E-state index contributed by atoms with van der Waals surface area (Å²) in [5.41, 5.74) is 2.61. The molecule has 2 heterocycles. The van der Waals surface area contributed by atoms with Gasteiger partial charge in [0.1, 0.15) is 5.75 Å². The molecule has 25 heavy (non-hydrogen) atoms. The average Bonchev–Trinajstić information content (AvgIpc) is 3.05. The molecule has 3 aliphatic rings. The lowest BCUT2D eigenvalue weighted by Crippen LogP contribution is -2.62. The summed E-state index contributed by atoms with van der Waals surface area (Å²) in [5, 5.41) is 14.4. The second-order valence-electron chi connectivity index (χ2n) is 8.04. The molecule has 0 spiro atoms. The molecule has 4 heteroatoms. The van der Waals surface area contributed by atoms with E-state index >= 15 is 0 Å². The number of aliphatic hydroxyl groups excluding tert-OH is 1. The predicted molar refractivity (Wildman–Crippen MR) is 101 cm³/mol. The topological polar surface area (TPSA) is 44.7 Å². The second kappa shape index (κ2) is 6.03. The summed E-state index contributed by atoms with van der Waals surface area (Å²) in [6.45, 7) is 6.67. The maximum absolute atomic E-state index is 11.0. The summed E-state index contributed by atoms with van der Waals surface area (Å²) in [6, 6.07) is 6.83. The van der Waals surface area contributed by atoms with Gasteiger partial charge in [0.15, 0.2) is 0 Å². The molecule has 4 nitrogen and oxygen atoms in total. The summed E-state index contributed by atoms with van der Waals surface area (Å²) in [5.74, 6) is 1.79. The molecule has 0 aromatic heterocycles. The molecular formula is C21H30N2O2. The molecule has 2 unspecified atom stereocenters. The number of nitrogens with one attached hydrogen (secondary N) is 1. The molecule has 1 saturated carbocycles. The minimum Gasteiger partial charge on any atom is -0.497 e. The molecule has 136 valence electrons. The molecule has 1 aromatic rings. The van der Waals surface area contributed by atoms with Crippen molar-refractivity contribution in [3.8, 4) is 5.75 Å². The molecule has 1 aromatic carbocycles. The van der Waals surface area contributed by atoms with Gasteiger partial charge in [0, 0.05) is 42.7 Å². The van der Waals surface area contributed by atoms with Crippen LogP contribution in [-0.2, 0) is 5.41 Å². The molecule has 2 fully saturated rings. The van der Waals surface area contributed by atoms with Gasteiger partial charge in [-0.15, -0.1) is 0 Å². The van der Waals surface area contributed by atoms with Gasteiger partial charge in [0.2, 0.25) is 0 Å². The van der Waals surface area contributed by atoms with Crippen LogP contribution < -0.4 is 10.1 Å². The molecule has 2 N–H and O–H groups in total. The SMILES string of the molecule is CNc1cc(OC)ccc1[C@]12CCN3CC=CC(C31)[C@@H](O)[C@@H](C)[C@H]2C. The van der Waals surface area contributed by atoms with Gasteiger partial charge in [0.05, 0.1) is 13.2 Å². The Morgan fingerprint density at radius 1 is 1.32 bits per heavy atom. The third-order valence-electron chi connectivity index (χ3n) is 7.33. The normalized spacial score (nSPS) is 40.0. The highest BCUT2D eigenvalue weighted by molar-refractivity contribution is 5.60. The molecule has 0 bridgehead atoms. The number of anilines is 1. The van der Waals surface area contributed by atoms with Crippen LogP contribution in [0.4, 0.5) is 5.69 Å². The van der Waals surface area contributed by atoms with Crippen molar-refractivity contribution in [3.63, 3.8) is 0 Å². The van der Waals surface area contributed by atoms with E-state index in [9.17, 15) is 5.11 Å². The fraction of sp³-hybridized carbons (Fsp3) is 0.619. The fourth-order valence-corrected chi connectivity index (χ4v) is 5.91. The number of hydrogen-bond donors (Lipinski definition) is 2. The first-order chi connectivity index (χ1) is 12.0. The molecule has 0 amide bonds. The van der Waals surface area contributed by atoms with Crippen molar-refractivity contribution in [1.29, 1.82) is 0 Å². The summed E-state index contributed by atoms with van der Waals surface area (Å²) in [4.78, 5) is 2.58. The monoisotopic (exact) mass is 342 g/mol. The Labute approximate surface area is 150 Å². The van der Waals surface area contributed by atoms with Gasteiger partial charge < -0.3 is 15.2 Å². The Morgan fingerprint density at radius 2 is 2.12 bits per heavy atom. The standard InChI is InChI=1S/C21H30N2O2/c1-13-14(2)21(17-8-7-15(25-4)12-18(17)22-3)9-11-23-10-5-6-16(19(13)24)20(21)23/h5-8,12-14,16,19-20,22,24H,9-11H2,1-4H3/t13-,14+,16?,19-,20?,21+/m0/s1. The van der Waals surface area contributed by atoms with Gasteiger partial charge in [-0.05, 0) is 36.4 Å². The minimum atomic E-state index is -0.262. The Morgan fingerprint density at radius 3 is 2.84 bits per heavy atom. The third kappa shape index (κ3) is 2.20. The minimum absolute atomic E-state index is 0.0681. The molecule has 4 rings (SSSR count). The first-order valence-corrected chi connectivity index (χ1v) is 9.49. The highest BCUT2D eigenvalue weighted by Gasteiger charge is 2.61. The number of nitrogens with zero attached hydrogens (tertiary/aromatic N) is 1. The first-order valence-electron chi connectivity index (χ1n) is 9.49. The third-order valence-corrected chi connectivity index (χ3v) is 7.33. The lowest BCUT2D eigenvalue weighted by atomic mass is 9.52. The van der Waals surface area contributed by atoms with E-state index in [0.29, 0.717) is 12.0 Å². The van der Waals surface area contributed by atoms with Crippen LogP contribution in [0.2, 0.25) is 0 Å². The van der Waals surface area contributed by atoms with Gasteiger partial charge in [-0.3, -0.25) is 4.90 Å². The van der Waals surface area contributed by atoms with Crippen molar-refractivity contribution < 1.29 is 9.84 Å².